The number of rotatable bonds is 4. The molecule has 7 nitrogen and oxygen atoms in total. The molecule has 0 spiro atoms. The maximum absolute atomic E-state index is 13.1. The summed E-state index contributed by atoms with van der Waals surface area (Å²) in [7, 11) is 0. The normalized spacial score (nSPS) is 10.3. The SMILES string of the molecule is Cc1noc(C)c1C(=O)Nc1cc(Cc2ccc(F)cc2)c(N)[nH+]c1N.[Cl-]. The van der Waals surface area contributed by atoms with E-state index in [9.17, 15) is 9.18 Å². The minimum absolute atomic E-state index is 0. The first-order valence-corrected chi connectivity index (χ1v) is 7.94. The number of nitrogens with two attached hydrogens (primary N) is 2. The maximum atomic E-state index is 13.1. The number of nitrogens with one attached hydrogen (secondary N) is 2. The summed E-state index contributed by atoms with van der Waals surface area (Å²) >= 11 is 0. The summed E-state index contributed by atoms with van der Waals surface area (Å²) in [5, 5.41) is 6.52. The lowest BCUT2D eigenvalue weighted by atomic mass is 10.0. The molecule has 3 aromatic rings. The number of benzene rings is 1. The molecule has 1 amide bonds. The number of nitrogens with zero attached hydrogens (tertiary/aromatic N) is 1. The zero-order chi connectivity index (χ0) is 18.8. The van der Waals surface area contributed by atoms with Gasteiger partial charge in [-0.05, 0) is 37.6 Å². The van der Waals surface area contributed by atoms with Gasteiger partial charge in [-0.25, -0.2) is 9.37 Å². The summed E-state index contributed by atoms with van der Waals surface area (Å²) in [6.07, 6.45) is 0.455. The van der Waals surface area contributed by atoms with E-state index in [2.05, 4.69) is 15.5 Å². The fourth-order valence-electron chi connectivity index (χ4n) is 2.69. The van der Waals surface area contributed by atoms with Gasteiger partial charge in [-0.15, -0.1) is 0 Å². The standard InChI is InChI=1S/C18H18FN5O2.ClH/c1-9-15(10(2)26-24-9)18(25)22-14-8-12(16(20)23-17(14)21)7-11-3-5-13(19)6-4-11;/h3-6,8H,7H2,1-2H3,(H,22,25)(H4,20,21,23);1H. The Bertz CT molecular complexity index is 953. The van der Waals surface area contributed by atoms with Crippen molar-refractivity contribution < 1.29 is 31.1 Å². The van der Waals surface area contributed by atoms with Crippen molar-refractivity contribution in [1.82, 2.24) is 5.16 Å². The fraction of sp³-hybridized carbons (Fsp3) is 0.167. The van der Waals surface area contributed by atoms with E-state index in [-0.39, 0.29) is 29.9 Å². The Morgan fingerprint density at radius 2 is 1.89 bits per heavy atom. The summed E-state index contributed by atoms with van der Waals surface area (Å²) in [4.78, 5) is 15.4. The Kier molecular flexibility index (Phi) is 6.02. The van der Waals surface area contributed by atoms with E-state index in [0.29, 0.717) is 34.9 Å². The molecule has 142 valence electrons. The summed E-state index contributed by atoms with van der Waals surface area (Å²) in [5.41, 5.74) is 14.8. The number of aromatic amines is 1. The van der Waals surface area contributed by atoms with Gasteiger partial charge in [-0.2, -0.15) is 0 Å². The maximum Gasteiger partial charge on any atom is 0.261 e. The highest BCUT2D eigenvalue weighted by Crippen LogP contribution is 2.23. The van der Waals surface area contributed by atoms with Crippen LogP contribution in [0, 0.1) is 19.7 Å². The van der Waals surface area contributed by atoms with Crippen molar-refractivity contribution in [3.05, 3.63) is 64.3 Å². The monoisotopic (exact) mass is 391 g/mol. The van der Waals surface area contributed by atoms with Crippen LogP contribution in [0.5, 0.6) is 0 Å². The lowest BCUT2D eigenvalue weighted by Gasteiger charge is -2.10. The first kappa shape index (κ1) is 20.2. The molecule has 0 bridgehead atoms. The quantitative estimate of drug-likeness (QED) is 0.540. The van der Waals surface area contributed by atoms with Gasteiger partial charge < -0.3 is 33.7 Å². The van der Waals surface area contributed by atoms with Crippen LogP contribution < -0.4 is 34.2 Å². The Balaban J connectivity index is 0.00000261. The molecule has 27 heavy (non-hydrogen) atoms. The number of pyridine rings is 1. The van der Waals surface area contributed by atoms with Gasteiger partial charge in [-0.3, -0.25) is 4.79 Å². The van der Waals surface area contributed by atoms with Crippen LogP contribution in [0.1, 0.15) is 32.9 Å². The second-order valence-electron chi connectivity index (χ2n) is 5.99. The molecule has 0 aliphatic carbocycles. The average Bonchev–Trinajstić information content (AvgIpc) is 2.92. The topological polar surface area (TPSA) is 121 Å². The van der Waals surface area contributed by atoms with Crippen LogP contribution in [-0.2, 0) is 6.42 Å². The second kappa shape index (κ2) is 8.05. The van der Waals surface area contributed by atoms with Gasteiger partial charge in [0.05, 0.1) is 5.69 Å². The van der Waals surface area contributed by atoms with Crippen molar-refractivity contribution in [1.29, 1.82) is 0 Å². The summed E-state index contributed by atoms with van der Waals surface area (Å²) in [5.74, 6) is 0.342. The van der Waals surface area contributed by atoms with E-state index in [0.717, 1.165) is 11.1 Å². The van der Waals surface area contributed by atoms with Crippen LogP contribution in [0.25, 0.3) is 0 Å². The number of aromatic nitrogens is 2. The van der Waals surface area contributed by atoms with E-state index >= 15 is 0 Å². The summed E-state index contributed by atoms with van der Waals surface area (Å²) < 4.78 is 18.1. The number of carbonyl (C=O) groups is 1. The third-order valence-electron chi connectivity index (χ3n) is 4.04. The number of H-pyrrole nitrogens is 1. The first-order valence-electron chi connectivity index (χ1n) is 7.94. The largest absolute Gasteiger partial charge is 1.00 e. The molecule has 1 aromatic carbocycles. The number of carbonyl (C=O) groups excluding carboxylic acids is 1. The van der Waals surface area contributed by atoms with Gasteiger partial charge in [0.15, 0.2) is 0 Å². The van der Waals surface area contributed by atoms with Crippen LogP contribution >= 0.6 is 0 Å². The Morgan fingerprint density at radius 3 is 2.48 bits per heavy atom. The summed E-state index contributed by atoms with van der Waals surface area (Å²) in [6, 6.07) is 7.81. The lowest BCUT2D eigenvalue weighted by molar-refractivity contribution is -0.342. The van der Waals surface area contributed by atoms with Gasteiger partial charge in [0.25, 0.3) is 5.91 Å². The molecule has 0 fully saturated rings. The number of halogens is 2. The van der Waals surface area contributed by atoms with Gasteiger partial charge >= 0.3 is 0 Å². The van der Waals surface area contributed by atoms with Crippen LogP contribution in [0.4, 0.5) is 21.7 Å². The molecule has 0 atom stereocenters. The third kappa shape index (κ3) is 4.35. The van der Waals surface area contributed by atoms with Crippen LogP contribution in [0.15, 0.2) is 34.9 Å². The van der Waals surface area contributed by atoms with E-state index in [1.807, 2.05) is 0 Å². The highest BCUT2D eigenvalue weighted by Gasteiger charge is 2.20. The number of aryl methyl sites for hydroxylation is 2. The smallest absolute Gasteiger partial charge is 0.261 e. The third-order valence-corrected chi connectivity index (χ3v) is 4.04. The molecule has 0 saturated carbocycles. The molecule has 0 unspecified atom stereocenters. The molecule has 0 saturated heterocycles. The van der Waals surface area contributed by atoms with E-state index in [1.54, 1.807) is 32.0 Å². The second-order valence-corrected chi connectivity index (χ2v) is 5.99. The van der Waals surface area contributed by atoms with Gasteiger partial charge in [-0.1, -0.05) is 17.3 Å². The molecule has 6 N–H and O–H groups in total. The van der Waals surface area contributed by atoms with Crippen molar-refractivity contribution in [3.8, 4) is 0 Å². The van der Waals surface area contributed by atoms with Crippen molar-refractivity contribution in [2.45, 2.75) is 20.3 Å². The summed E-state index contributed by atoms with van der Waals surface area (Å²) in [6.45, 7) is 3.34. The number of amides is 1. The van der Waals surface area contributed by atoms with E-state index in [4.69, 9.17) is 16.0 Å². The average molecular weight is 392 g/mol. The number of hydrogen-bond acceptors (Lipinski definition) is 5. The molecule has 0 aliphatic heterocycles. The zero-order valence-electron chi connectivity index (χ0n) is 14.8. The van der Waals surface area contributed by atoms with Crippen molar-refractivity contribution in [3.63, 3.8) is 0 Å². The van der Waals surface area contributed by atoms with Crippen molar-refractivity contribution in [2.75, 3.05) is 16.8 Å². The molecular formula is C18H19ClFN5O2. The van der Waals surface area contributed by atoms with Gasteiger partial charge in [0.2, 0.25) is 11.6 Å². The predicted octanol–water partition coefficient (Wildman–Crippen LogP) is -0.744. The molecule has 2 heterocycles. The molecule has 0 radical (unpaired) electrons. The van der Waals surface area contributed by atoms with Gasteiger partial charge in [0, 0.05) is 12.0 Å². The molecule has 0 aliphatic rings. The van der Waals surface area contributed by atoms with E-state index in [1.165, 1.54) is 12.1 Å². The van der Waals surface area contributed by atoms with Crippen LogP contribution in [-0.4, -0.2) is 11.1 Å². The molecule has 3 rings (SSSR count). The highest BCUT2D eigenvalue weighted by atomic mass is 35.5. The van der Waals surface area contributed by atoms with Gasteiger partial charge in [0.1, 0.15) is 22.8 Å². The Morgan fingerprint density at radius 1 is 1.22 bits per heavy atom. The fourth-order valence-corrected chi connectivity index (χ4v) is 2.69. The Labute approximate surface area is 161 Å². The number of nitrogen functional groups attached to an aromatic ring is 2. The number of anilines is 3. The highest BCUT2D eigenvalue weighted by molar-refractivity contribution is 6.06. The Hall–Kier alpha value is -3.13. The van der Waals surface area contributed by atoms with Crippen LogP contribution in [0.3, 0.4) is 0 Å². The first-order chi connectivity index (χ1) is 12.3. The van der Waals surface area contributed by atoms with Crippen LogP contribution in [0.2, 0.25) is 0 Å². The van der Waals surface area contributed by atoms with Crippen molar-refractivity contribution >= 4 is 23.2 Å². The molecule has 2 aromatic heterocycles. The lowest BCUT2D eigenvalue weighted by Crippen LogP contribution is -3.00. The predicted molar refractivity (Wildman–Crippen MR) is 95.0 cm³/mol. The van der Waals surface area contributed by atoms with Crippen molar-refractivity contribution in [2.24, 2.45) is 0 Å². The molecule has 9 heteroatoms. The molecular weight excluding hydrogens is 373 g/mol. The number of hydrogen-bond donors (Lipinski definition) is 3. The van der Waals surface area contributed by atoms with E-state index < -0.39 is 0 Å². The zero-order valence-corrected chi connectivity index (χ0v) is 15.5. The minimum atomic E-state index is -0.376. The minimum Gasteiger partial charge on any atom is -1.00 e.